The monoisotopic (exact) mass is 680 g/mol. The highest BCUT2D eigenvalue weighted by atomic mass is 14.5. The Hall–Kier alpha value is -6.24. The van der Waals surface area contributed by atoms with Gasteiger partial charge in [-0.3, -0.25) is 0 Å². The number of allylic oxidation sites excluding steroid dienone is 12. The fraction of sp³-hybridized carbons (Fsp3) is 0.0943. The summed E-state index contributed by atoms with van der Waals surface area (Å²) in [6.07, 6.45) is 21.7. The van der Waals surface area contributed by atoms with E-state index in [0.717, 1.165) is 11.1 Å². The molecule has 0 aliphatic heterocycles. The Kier molecular flexibility index (Phi) is 8.99. The van der Waals surface area contributed by atoms with E-state index in [-0.39, 0.29) is 10.8 Å². The second-order valence-electron chi connectivity index (χ2n) is 14.6. The summed E-state index contributed by atoms with van der Waals surface area (Å²) >= 11 is 0. The molecule has 53 heavy (non-hydrogen) atoms. The number of benzene rings is 6. The van der Waals surface area contributed by atoms with Gasteiger partial charge >= 0.3 is 0 Å². The number of hydrogen-bond acceptors (Lipinski definition) is 0. The van der Waals surface area contributed by atoms with Crippen molar-refractivity contribution >= 4 is 28.0 Å². The maximum atomic E-state index is 3.98. The van der Waals surface area contributed by atoms with Gasteiger partial charge in [-0.2, -0.15) is 0 Å². The van der Waals surface area contributed by atoms with Crippen LogP contribution in [-0.4, -0.2) is 0 Å². The molecule has 0 nitrogen and oxygen atoms in total. The summed E-state index contributed by atoms with van der Waals surface area (Å²) in [5, 5.41) is 2.46. The van der Waals surface area contributed by atoms with Crippen molar-refractivity contribution in [1.29, 1.82) is 0 Å². The van der Waals surface area contributed by atoms with E-state index < -0.39 is 0 Å². The number of fused-ring (bicyclic) bond motifs is 8. The number of hydrogen-bond donors (Lipinski definition) is 0. The summed E-state index contributed by atoms with van der Waals surface area (Å²) < 4.78 is 0. The smallest absolute Gasteiger partial charge is 0.0674 e. The first-order chi connectivity index (χ1) is 25.9. The van der Waals surface area contributed by atoms with Crippen LogP contribution in [0.4, 0.5) is 0 Å². The molecule has 0 amide bonds. The van der Waals surface area contributed by atoms with Crippen LogP contribution in [0.2, 0.25) is 0 Å². The molecular formula is C53H44. The summed E-state index contributed by atoms with van der Waals surface area (Å²) in [6.45, 7) is 11.0. The summed E-state index contributed by atoms with van der Waals surface area (Å²) in [5.41, 5.74) is 15.1. The molecule has 6 aromatic rings. The molecule has 0 aromatic heterocycles. The van der Waals surface area contributed by atoms with Crippen LogP contribution < -0.4 is 0 Å². The van der Waals surface area contributed by atoms with E-state index in [1.807, 2.05) is 6.08 Å². The summed E-state index contributed by atoms with van der Waals surface area (Å²) in [7, 11) is 0. The molecule has 0 saturated heterocycles. The van der Waals surface area contributed by atoms with Crippen LogP contribution in [0.25, 0.3) is 39.1 Å². The highest BCUT2D eigenvalue weighted by Crippen LogP contribution is 2.60. The summed E-state index contributed by atoms with van der Waals surface area (Å²) in [6, 6.07) is 50.6. The predicted molar refractivity (Wildman–Crippen MR) is 229 cm³/mol. The largest absolute Gasteiger partial charge is 0.0990 e. The fourth-order valence-electron chi connectivity index (χ4n) is 8.80. The average molecular weight is 681 g/mol. The van der Waals surface area contributed by atoms with Gasteiger partial charge in [-0.15, -0.1) is 0 Å². The van der Waals surface area contributed by atoms with Crippen LogP contribution in [0.15, 0.2) is 206 Å². The van der Waals surface area contributed by atoms with Crippen molar-refractivity contribution < 1.29 is 0 Å². The molecule has 1 unspecified atom stereocenters. The van der Waals surface area contributed by atoms with Gasteiger partial charge in [0.25, 0.3) is 0 Å². The minimum Gasteiger partial charge on any atom is -0.0990 e. The molecule has 256 valence electrons. The van der Waals surface area contributed by atoms with Gasteiger partial charge < -0.3 is 0 Å². The van der Waals surface area contributed by atoms with Gasteiger partial charge in [0.1, 0.15) is 0 Å². The standard InChI is InChI=1S/C53H44/c1-5-20-41(45-30-18-26-42-25-12-13-28-44(42)45)24-11-7-10-23-40(39-21-8-6-9-22-39)35-36-43-27-19-34-50-51(43)46-29-14-15-31-47(46)53(50)38(2)37-52(3,4)48-32-16-17-33-49(48)53/h5-37H,1H2,2-4H3/b10-7+,24-11-,36-35-,40-23+,41-20+. The van der Waals surface area contributed by atoms with Crippen LogP contribution in [0.3, 0.4) is 0 Å². The van der Waals surface area contributed by atoms with Crippen molar-refractivity contribution in [3.05, 3.63) is 245 Å². The molecule has 2 aliphatic carbocycles. The molecule has 1 atom stereocenters. The quantitative estimate of drug-likeness (QED) is 0.111. The van der Waals surface area contributed by atoms with Gasteiger partial charge in [-0.25, -0.2) is 0 Å². The summed E-state index contributed by atoms with van der Waals surface area (Å²) in [4.78, 5) is 0. The molecule has 0 heteroatoms. The molecule has 0 N–H and O–H groups in total. The molecule has 1 spiro atoms. The fourth-order valence-corrected chi connectivity index (χ4v) is 8.80. The highest BCUT2D eigenvalue weighted by Gasteiger charge is 2.50. The Morgan fingerprint density at radius 1 is 0.566 bits per heavy atom. The van der Waals surface area contributed by atoms with E-state index in [4.69, 9.17) is 0 Å². The molecule has 6 aromatic carbocycles. The first kappa shape index (κ1) is 33.9. The first-order valence-corrected chi connectivity index (χ1v) is 18.6. The lowest BCUT2D eigenvalue weighted by Crippen LogP contribution is -2.37. The Labute approximate surface area is 314 Å². The molecule has 2 aliphatic rings. The SMILES string of the molecule is C=C\C=C(/C=C\C=C\C=C(/C=C\c1cccc2c1-c1ccccc1C21C(C)=CC(C)(C)c2ccccc21)c1ccccc1)c1cccc2ccccc12. The van der Waals surface area contributed by atoms with Gasteiger partial charge in [0.15, 0.2) is 0 Å². The van der Waals surface area contributed by atoms with E-state index in [2.05, 4.69) is 222 Å². The van der Waals surface area contributed by atoms with Gasteiger partial charge in [-0.05, 0) is 78.9 Å². The first-order valence-electron chi connectivity index (χ1n) is 18.6. The van der Waals surface area contributed by atoms with E-state index in [1.54, 1.807) is 0 Å². The normalized spacial score (nSPS) is 17.8. The third kappa shape index (κ3) is 5.91. The lowest BCUT2D eigenvalue weighted by atomic mass is 9.59. The maximum Gasteiger partial charge on any atom is 0.0674 e. The Morgan fingerprint density at radius 2 is 1.25 bits per heavy atom. The van der Waals surface area contributed by atoms with Crippen molar-refractivity contribution in [2.45, 2.75) is 31.6 Å². The van der Waals surface area contributed by atoms with Crippen LogP contribution in [-0.2, 0) is 10.8 Å². The Morgan fingerprint density at radius 3 is 2.08 bits per heavy atom. The van der Waals surface area contributed by atoms with Gasteiger partial charge in [0.05, 0.1) is 5.41 Å². The van der Waals surface area contributed by atoms with Crippen LogP contribution in [0.1, 0.15) is 59.7 Å². The van der Waals surface area contributed by atoms with Crippen LogP contribution >= 0.6 is 0 Å². The van der Waals surface area contributed by atoms with E-state index >= 15 is 0 Å². The zero-order chi connectivity index (χ0) is 36.4. The molecule has 8 rings (SSSR count). The van der Waals surface area contributed by atoms with E-state index in [9.17, 15) is 0 Å². The molecule has 0 heterocycles. The zero-order valence-corrected chi connectivity index (χ0v) is 30.8. The van der Waals surface area contributed by atoms with Crippen molar-refractivity contribution in [2.24, 2.45) is 0 Å². The maximum absolute atomic E-state index is 3.98. The minimum absolute atomic E-state index is 0.0430. The van der Waals surface area contributed by atoms with Crippen molar-refractivity contribution in [3.8, 4) is 11.1 Å². The minimum atomic E-state index is -0.319. The molecular weight excluding hydrogens is 637 g/mol. The van der Waals surface area contributed by atoms with Crippen molar-refractivity contribution in [3.63, 3.8) is 0 Å². The second kappa shape index (κ2) is 14.1. The van der Waals surface area contributed by atoms with Crippen LogP contribution in [0.5, 0.6) is 0 Å². The van der Waals surface area contributed by atoms with Crippen molar-refractivity contribution in [2.75, 3.05) is 0 Å². The predicted octanol–water partition coefficient (Wildman–Crippen LogP) is 13.9. The zero-order valence-electron chi connectivity index (χ0n) is 30.8. The topological polar surface area (TPSA) is 0 Å². The van der Waals surface area contributed by atoms with E-state index in [1.165, 1.54) is 66.4 Å². The average Bonchev–Trinajstić information content (AvgIpc) is 3.49. The molecule has 0 fully saturated rings. The van der Waals surface area contributed by atoms with Gasteiger partial charge in [0.2, 0.25) is 0 Å². The molecule has 0 saturated carbocycles. The Bertz CT molecular complexity index is 2540. The van der Waals surface area contributed by atoms with Crippen molar-refractivity contribution in [1.82, 2.24) is 0 Å². The number of rotatable bonds is 8. The Balaban J connectivity index is 1.18. The highest BCUT2D eigenvalue weighted by molar-refractivity contribution is 5.97. The van der Waals surface area contributed by atoms with Gasteiger partial charge in [0, 0.05) is 5.41 Å². The third-order valence-electron chi connectivity index (χ3n) is 11.0. The lowest BCUT2D eigenvalue weighted by molar-refractivity contribution is 0.583. The third-order valence-corrected chi connectivity index (χ3v) is 11.0. The summed E-state index contributed by atoms with van der Waals surface area (Å²) in [5.74, 6) is 0. The second-order valence-corrected chi connectivity index (χ2v) is 14.6. The van der Waals surface area contributed by atoms with Gasteiger partial charge in [-0.1, -0.05) is 226 Å². The molecule has 0 bridgehead atoms. The van der Waals surface area contributed by atoms with E-state index in [0.29, 0.717) is 0 Å². The molecule has 0 radical (unpaired) electrons. The van der Waals surface area contributed by atoms with Crippen LogP contribution in [0, 0.1) is 0 Å². The lowest BCUT2D eigenvalue weighted by Gasteiger charge is -2.43.